The molecular weight excluding hydrogens is 222 g/mol. The van der Waals surface area contributed by atoms with Crippen LogP contribution in [0.1, 0.15) is 39.5 Å². The molecule has 1 aliphatic heterocycles. The van der Waals surface area contributed by atoms with Crippen LogP contribution in [0.2, 0.25) is 0 Å². The molecule has 0 spiro atoms. The van der Waals surface area contributed by atoms with Crippen molar-refractivity contribution in [3.63, 3.8) is 0 Å². The van der Waals surface area contributed by atoms with Crippen molar-refractivity contribution in [2.24, 2.45) is 11.8 Å². The van der Waals surface area contributed by atoms with E-state index >= 15 is 0 Å². The summed E-state index contributed by atoms with van der Waals surface area (Å²) in [5.41, 5.74) is 0. The Morgan fingerprint density at radius 2 is 1.88 bits per heavy atom. The Bertz CT molecular complexity index is 179. The quantitative estimate of drug-likeness (QED) is 0.730. The Hall–Kier alpha value is 0.210. The molecule has 3 heteroatoms. The minimum Gasteiger partial charge on any atom is -0.393 e. The zero-order valence-corrected chi connectivity index (χ0v) is 11.4. The summed E-state index contributed by atoms with van der Waals surface area (Å²) in [5, 5.41) is 9.52. The van der Waals surface area contributed by atoms with E-state index < -0.39 is 0 Å². The lowest BCUT2D eigenvalue weighted by Gasteiger charge is -2.33. The number of hydrogen-bond acceptors (Lipinski definition) is 2. The van der Waals surface area contributed by atoms with Gasteiger partial charge in [0.2, 0.25) is 0 Å². The zero-order valence-electron chi connectivity index (χ0n) is 10.7. The van der Waals surface area contributed by atoms with Gasteiger partial charge in [0, 0.05) is 5.88 Å². The molecule has 1 heterocycles. The van der Waals surface area contributed by atoms with E-state index in [4.69, 9.17) is 11.6 Å². The fourth-order valence-corrected chi connectivity index (χ4v) is 2.77. The minimum atomic E-state index is -0.127. The number of alkyl halides is 1. The van der Waals surface area contributed by atoms with Gasteiger partial charge < -0.3 is 10.0 Å². The predicted octanol–water partition coefficient (Wildman–Crippen LogP) is 2.73. The van der Waals surface area contributed by atoms with E-state index in [9.17, 15) is 5.11 Å². The van der Waals surface area contributed by atoms with Gasteiger partial charge in [-0.15, -0.1) is 11.6 Å². The van der Waals surface area contributed by atoms with Crippen molar-refractivity contribution in [2.45, 2.75) is 45.6 Å². The number of piperidine rings is 1. The van der Waals surface area contributed by atoms with Gasteiger partial charge in [0.15, 0.2) is 0 Å². The smallest absolute Gasteiger partial charge is 0.0541 e. The third kappa shape index (κ3) is 5.03. The van der Waals surface area contributed by atoms with Crippen molar-refractivity contribution in [2.75, 3.05) is 25.5 Å². The standard InChI is InChI=1S/C13H26ClNO/c1-11(3-7-14)4-8-15-9-5-13(6-10-15)12(2)16/h11-13,16H,3-10H2,1-2H3. The Morgan fingerprint density at radius 3 is 2.38 bits per heavy atom. The van der Waals surface area contributed by atoms with E-state index in [0.717, 1.165) is 44.1 Å². The monoisotopic (exact) mass is 247 g/mol. The molecule has 0 aliphatic carbocycles. The van der Waals surface area contributed by atoms with E-state index in [-0.39, 0.29) is 6.10 Å². The minimum absolute atomic E-state index is 0.127. The Morgan fingerprint density at radius 1 is 1.25 bits per heavy atom. The Labute approximate surface area is 105 Å². The number of aliphatic hydroxyl groups excluding tert-OH is 1. The summed E-state index contributed by atoms with van der Waals surface area (Å²) < 4.78 is 0. The van der Waals surface area contributed by atoms with E-state index in [1.165, 1.54) is 13.0 Å². The van der Waals surface area contributed by atoms with Crippen LogP contribution >= 0.6 is 11.6 Å². The number of nitrogens with zero attached hydrogens (tertiary/aromatic N) is 1. The first-order chi connectivity index (χ1) is 7.63. The normalized spacial score (nSPS) is 23.2. The third-order valence-corrected chi connectivity index (χ3v) is 4.07. The fraction of sp³-hybridized carbons (Fsp3) is 1.00. The van der Waals surface area contributed by atoms with Gasteiger partial charge >= 0.3 is 0 Å². The average Bonchev–Trinajstić information content (AvgIpc) is 2.27. The van der Waals surface area contributed by atoms with Gasteiger partial charge in [-0.2, -0.15) is 0 Å². The van der Waals surface area contributed by atoms with Gasteiger partial charge in [-0.25, -0.2) is 0 Å². The second-order valence-corrected chi connectivity index (χ2v) is 5.67. The summed E-state index contributed by atoms with van der Waals surface area (Å²) in [6, 6.07) is 0. The van der Waals surface area contributed by atoms with Crippen molar-refractivity contribution in [3.8, 4) is 0 Å². The molecule has 0 aromatic heterocycles. The first kappa shape index (κ1) is 14.3. The molecule has 1 saturated heterocycles. The molecular formula is C13H26ClNO. The molecule has 0 radical (unpaired) electrons. The molecule has 16 heavy (non-hydrogen) atoms. The SMILES string of the molecule is CC(CCCl)CCN1CCC(C(C)O)CC1. The predicted molar refractivity (Wildman–Crippen MR) is 70.0 cm³/mol. The number of rotatable bonds is 6. The molecule has 0 amide bonds. The van der Waals surface area contributed by atoms with Crippen molar-refractivity contribution >= 4 is 11.6 Å². The molecule has 1 rings (SSSR count). The summed E-state index contributed by atoms with van der Waals surface area (Å²) >= 11 is 5.73. The van der Waals surface area contributed by atoms with E-state index in [0.29, 0.717) is 5.92 Å². The summed E-state index contributed by atoms with van der Waals surface area (Å²) in [7, 11) is 0. The Kier molecular flexibility index (Phi) is 6.71. The second-order valence-electron chi connectivity index (χ2n) is 5.29. The van der Waals surface area contributed by atoms with Gasteiger partial charge in [-0.1, -0.05) is 6.92 Å². The summed E-state index contributed by atoms with van der Waals surface area (Å²) in [6.45, 7) is 7.71. The highest BCUT2D eigenvalue weighted by Gasteiger charge is 2.22. The number of likely N-dealkylation sites (tertiary alicyclic amines) is 1. The Balaban J connectivity index is 2.12. The molecule has 1 N–H and O–H groups in total. The largest absolute Gasteiger partial charge is 0.393 e. The van der Waals surface area contributed by atoms with Crippen molar-refractivity contribution < 1.29 is 5.11 Å². The zero-order chi connectivity index (χ0) is 12.0. The number of halogens is 1. The maximum Gasteiger partial charge on any atom is 0.0541 e. The van der Waals surface area contributed by atoms with Crippen molar-refractivity contribution in [1.82, 2.24) is 4.90 Å². The molecule has 2 atom stereocenters. The highest BCUT2D eigenvalue weighted by Crippen LogP contribution is 2.21. The van der Waals surface area contributed by atoms with Crippen LogP contribution in [0.25, 0.3) is 0 Å². The second kappa shape index (κ2) is 7.52. The van der Waals surface area contributed by atoms with Crippen LogP contribution in [0.15, 0.2) is 0 Å². The van der Waals surface area contributed by atoms with Crippen LogP contribution in [0.3, 0.4) is 0 Å². The highest BCUT2D eigenvalue weighted by atomic mass is 35.5. The fourth-order valence-electron chi connectivity index (χ4n) is 2.39. The lowest BCUT2D eigenvalue weighted by Crippen LogP contribution is -2.37. The molecule has 96 valence electrons. The van der Waals surface area contributed by atoms with E-state index in [1.807, 2.05) is 6.92 Å². The van der Waals surface area contributed by atoms with E-state index in [2.05, 4.69) is 11.8 Å². The molecule has 1 fully saturated rings. The first-order valence-corrected chi connectivity index (χ1v) is 7.13. The van der Waals surface area contributed by atoms with E-state index in [1.54, 1.807) is 0 Å². The summed E-state index contributed by atoms with van der Waals surface area (Å²) in [5.74, 6) is 2.05. The molecule has 0 bridgehead atoms. The molecule has 0 aromatic carbocycles. The first-order valence-electron chi connectivity index (χ1n) is 6.60. The van der Waals surface area contributed by atoms with Crippen LogP contribution in [0.4, 0.5) is 0 Å². The van der Waals surface area contributed by atoms with Gasteiger partial charge in [0.1, 0.15) is 0 Å². The number of aliphatic hydroxyl groups is 1. The van der Waals surface area contributed by atoms with Gasteiger partial charge in [0.05, 0.1) is 6.10 Å². The number of hydrogen-bond donors (Lipinski definition) is 1. The van der Waals surface area contributed by atoms with Gasteiger partial charge in [-0.05, 0) is 64.1 Å². The molecule has 0 aromatic rings. The van der Waals surface area contributed by atoms with Gasteiger partial charge in [-0.3, -0.25) is 0 Å². The van der Waals surface area contributed by atoms with Crippen LogP contribution in [-0.2, 0) is 0 Å². The third-order valence-electron chi connectivity index (χ3n) is 3.85. The van der Waals surface area contributed by atoms with Crippen molar-refractivity contribution in [1.29, 1.82) is 0 Å². The molecule has 2 unspecified atom stereocenters. The summed E-state index contributed by atoms with van der Waals surface area (Å²) in [4.78, 5) is 2.53. The molecule has 0 saturated carbocycles. The lowest BCUT2D eigenvalue weighted by atomic mass is 9.92. The van der Waals surface area contributed by atoms with Crippen molar-refractivity contribution in [3.05, 3.63) is 0 Å². The lowest BCUT2D eigenvalue weighted by molar-refractivity contribution is 0.0702. The van der Waals surface area contributed by atoms with Crippen LogP contribution in [0, 0.1) is 11.8 Å². The maximum atomic E-state index is 9.52. The van der Waals surface area contributed by atoms with Gasteiger partial charge in [0.25, 0.3) is 0 Å². The average molecular weight is 248 g/mol. The van der Waals surface area contributed by atoms with Crippen LogP contribution in [0.5, 0.6) is 0 Å². The molecule has 2 nitrogen and oxygen atoms in total. The van der Waals surface area contributed by atoms with Crippen LogP contribution in [-0.4, -0.2) is 41.6 Å². The van der Waals surface area contributed by atoms with Crippen LogP contribution < -0.4 is 0 Å². The highest BCUT2D eigenvalue weighted by molar-refractivity contribution is 6.17. The molecule has 1 aliphatic rings. The summed E-state index contributed by atoms with van der Waals surface area (Å²) in [6.07, 6.45) is 4.57. The topological polar surface area (TPSA) is 23.5 Å². The maximum absolute atomic E-state index is 9.52.